The topological polar surface area (TPSA) is 29.5 Å². The summed E-state index contributed by atoms with van der Waals surface area (Å²) in [5.41, 5.74) is 1.19. The Morgan fingerprint density at radius 1 is 1.26 bits per heavy atom. The number of benzene rings is 2. The normalized spacial score (nSPS) is 15.7. The van der Waals surface area contributed by atoms with Crippen LogP contribution < -0.4 is 4.74 Å². The van der Waals surface area contributed by atoms with Gasteiger partial charge in [0, 0.05) is 12.1 Å². The van der Waals surface area contributed by atoms with E-state index in [-0.39, 0.29) is 12.5 Å². The second-order valence-corrected chi connectivity index (χ2v) is 7.97. The maximum absolute atomic E-state index is 13.8. The minimum Gasteiger partial charge on any atom is -0.489 e. The van der Waals surface area contributed by atoms with Gasteiger partial charge in [-0.15, -0.1) is 0 Å². The number of ether oxygens (including phenoxy) is 1. The molecule has 2 aromatic carbocycles. The lowest BCUT2D eigenvalue weighted by molar-refractivity contribution is -0.122. The second-order valence-electron chi connectivity index (χ2n) is 5.89. The largest absolute Gasteiger partial charge is 0.489 e. The van der Waals surface area contributed by atoms with Gasteiger partial charge in [-0.3, -0.25) is 9.69 Å². The van der Waals surface area contributed by atoms with Crippen molar-refractivity contribution in [3.8, 4) is 5.75 Å². The van der Waals surface area contributed by atoms with Crippen molar-refractivity contribution in [1.29, 1.82) is 0 Å². The third-order valence-corrected chi connectivity index (χ3v) is 5.68. The van der Waals surface area contributed by atoms with Gasteiger partial charge in [-0.2, -0.15) is 0 Å². The van der Waals surface area contributed by atoms with Crippen LogP contribution in [0.5, 0.6) is 5.75 Å². The molecule has 0 aromatic heterocycles. The molecule has 0 bridgehead atoms. The first kappa shape index (κ1) is 19.9. The zero-order chi connectivity index (χ0) is 19.4. The molecule has 0 unspecified atom stereocenters. The van der Waals surface area contributed by atoms with Gasteiger partial charge in [-0.1, -0.05) is 60.7 Å². The number of hydrogen-bond donors (Lipinski definition) is 0. The van der Waals surface area contributed by atoms with Crippen LogP contribution in [0.15, 0.2) is 47.4 Å². The first-order chi connectivity index (χ1) is 13.0. The lowest BCUT2D eigenvalue weighted by atomic mass is 10.2. The highest BCUT2D eigenvalue weighted by atomic mass is 35.5. The van der Waals surface area contributed by atoms with E-state index in [1.165, 1.54) is 17.8 Å². The zero-order valence-corrected chi connectivity index (χ0v) is 17.0. The highest BCUT2D eigenvalue weighted by Crippen LogP contribution is 2.32. The Bertz CT molecular complexity index is 879. The number of rotatable bonds is 6. The van der Waals surface area contributed by atoms with Crippen molar-refractivity contribution in [3.63, 3.8) is 0 Å². The van der Waals surface area contributed by atoms with Crippen LogP contribution >= 0.6 is 35.6 Å². The number of carbonyl (C=O) groups excluding carboxylic acids is 1. The average molecular weight is 422 g/mol. The van der Waals surface area contributed by atoms with Gasteiger partial charge in [-0.05, 0) is 42.3 Å². The lowest BCUT2D eigenvalue weighted by Gasteiger charge is -2.12. The Morgan fingerprint density at radius 3 is 2.67 bits per heavy atom. The van der Waals surface area contributed by atoms with Gasteiger partial charge in [-0.25, -0.2) is 4.39 Å². The summed E-state index contributed by atoms with van der Waals surface area (Å²) in [5, 5.41) is 0.334. The third kappa shape index (κ3) is 4.69. The van der Waals surface area contributed by atoms with Crippen LogP contribution in [0.25, 0.3) is 6.08 Å². The number of carbonyl (C=O) groups is 1. The van der Waals surface area contributed by atoms with E-state index in [2.05, 4.69) is 0 Å². The van der Waals surface area contributed by atoms with E-state index < -0.39 is 5.82 Å². The van der Waals surface area contributed by atoms with Gasteiger partial charge in [0.1, 0.15) is 22.5 Å². The summed E-state index contributed by atoms with van der Waals surface area (Å²) < 4.78 is 20.0. The maximum Gasteiger partial charge on any atom is 0.266 e. The zero-order valence-electron chi connectivity index (χ0n) is 14.6. The third-order valence-electron chi connectivity index (χ3n) is 3.94. The molecule has 3 rings (SSSR count). The average Bonchev–Trinajstić information content (AvgIpc) is 2.90. The highest BCUT2D eigenvalue weighted by molar-refractivity contribution is 8.26. The Balaban J connectivity index is 1.67. The van der Waals surface area contributed by atoms with Gasteiger partial charge in [0.05, 0.1) is 9.93 Å². The van der Waals surface area contributed by atoms with Crippen LogP contribution in [0.3, 0.4) is 0 Å². The Morgan fingerprint density at radius 2 is 2.00 bits per heavy atom. The van der Waals surface area contributed by atoms with Gasteiger partial charge in [0.25, 0.3) is 5.91 Å². The Kier molecular flexibility index (Phi) is 6.52. The molecule has 7 heteroatoms. The number of amides is 1. The molecule has 1 amide bonds. The molecule has 2 aromatic rings. The summed E-state index contributed by atoms with van der Waals surface area (Å²) in [6, 6.07) is 11.7. The smallest absolute Gasteiger partial charge is 0.266 e. The summed E-state index contributed by atoms with van der Waals surface area (Å²) in [4.78, 5) is 14.6. The molecule has 0 radical (unpaired) electrons. The van der Waals surface area contributed by atoms with E-state index in [9.17, 15) is 9.18 Å². The van der Waals surface area contributed by atoms with Crippen molar-refractivity contribution in [1.82, 2.24) is 4.90 Å². The van der Waals surface area contributed by atoms with E-state index in [0.717, 1.165) is 12.0 Å². The van der Waals surface area contributed by atoms with E-state index in [1.54, 1.807) is 29.2 Å². The number of hydrogen-bond acceptors (Lipinski definition) is 4. The number of halogens is 2. The first-order valence-corrected chi connectivity index (χ1v) is 10.0. The number of thioether (sulfide) groups is 1. The molecule has 3 nitrogen and oxygen atoms in total. The minimum atomic E-state index is -0.395. The SMILES string of the molecule is CCCN1C(=O)/C(=C\c2ccc(OCc3c(F)cccc3Cl)cc2)SC1=S. The second kappa shape index (κ2) is 8.87. The highest BCUT2D eigenvalue weighted by Gasteiger charge is 2.31. The monoisotopic (exact) mass is 421 g/mol. The Hall–Kier alpha value is -1.89. The van der Waals surface area contributed by atoms with Crippen molar-refractivity contribution >= 4 is 51.9 Å². The molecule has 0 aliphatic carbocycles. The molecule has 1 aliphatic heterocycles. The molecule has 0 atom stereocenters. The van der Waals surface area contributed by atoms with Crippen molar-refractivity contribution < 1.29 is 13.9 Å². The summed E-state index contributed by atoms with van der Waals surface area (Å²) in [6.07, 6.45) is 2.67. The molecule has 140 valence electrons. The lowest BCUT2D eigenvalue weighted by Crippen LogP contribution is -2.28. The standard InChI is InChI=1S/C20H17ClFNO2S2/c1-2-10-23-19(24)18(27-20(23)26)11-13-6-8-14(9-7-13)25-12-15-16(21)4-3-5-17(15)22/h3-9,11H,2,10,12H2,1H3/b18-11+. The van der Waals surface area contributed by atoms with Gasteiger partial charge in [0.15, 0.2) is 0 Å². The summed E-state index contributed by atoms with van der Waals surface area (Å²) in [5.74, 6) is 0.139. The fraction of sp³-hybridized carbons (Fsp3) is 0.200. The van der Waals surface area contributed by atoms with E-state index in [0.29, 0.717) is 32.1 Å². The van der Waals surface area contributed by atoms with Gasteiger partial charge in [0.2, 0.25) is 0 Å². The molecule has 0 saturated carbocycles. The quantitative estimate of drug-likeness (QED) is 0.444. The van der Waals surface area contributed by atoms with Crippen molar-refractivity contribution in [2.75, 3.05) is 6.54 Å². The number of nitrogens with zero attached hydrogens (tertiary/aromatic N) is 1. The summed E-state index contributed by atoms with van der Waals surface area (Å²) in [7, 11) is 0. The molecule has 1 aliphatic rings. The Labute approximate surface area is 172 Å². The minimum absolute atomic E-state index is 0.0422. The van der Waals surface area contributed by atoms with Crippen molar-refractivity contribution in [2.24, 2.45) is 0 Å². The molecular weight excluding hydrogens is 405 g/mol. The number of thiocarbonyl (C=S) groups is 1. The predicted octanol–water partition coefficient (Wildman–Crippen LogP) is 5.67. The molecule has 1 saturated heterocycles. The van der Waals surface area contributed by atoms with Crippen LogP contribution in [0.4, 0.5) is 4.39 Å². The fourth-order valence-corrected chi connectivity index (χ4v) is 4.08. The van der Waals surface area contributed by atoms with Crippen LogP contribution in [0.1, 0.15) is 24.5 Å². The molecule has 0 spiro atoms. The van der Waals surface area contributed by atoms with Crippen molar-refractivity contribution in [2.45, 2.75) is 20.0 Å². The van der Waals surface area contributed by atoms with Gasteiger partial charge >= 0.3 is 0 Å². The molecule has 1 fully saturated rings. The van der Waals surface area contributed by atoms with Crippen LogP contribution in [0, 0.1) is 5.82 Å². The molecule has 27 heavy (non-hydrogen) atoms. The molecule has 0 N–H and O–H groups in total. The maximum atomic E-state index is 13.8. The summed E-state index contributed by atoms with van der Waals surface area (Å²) >= 11 is 12.6. The van der Waals surface area contributed by atoms with Crippen LogP contribution in [-0.2, 0) is 11.4 Å². The van der Waals surface area contributed by atoms with E-state index >= 15 is 0 Å². The fourth-order valence-electron chi connectivity index (χ4n) is 2.55. The first-order valence-electron chi connectivity index (χ1n) is 8.40. The van der Waals surface area contributed by atoms with Crippen LogP contribution in [-0.4, -0.2) is 21.7 Å². The molecule has 1 heterocycles. The predicted molar refractivity (Wildman–Crippen MR) is 112 cm³/mol. The van der Waals surface area contributed by atoms with Gasteiger partial charge < -0.3 is 4.74 Å². The van der Waals surface area contributed by atoms with E-state index in [1.807, 2.05) is 25.1 Å². The molecular formula is C20H17ClFNO2S2. The summed E-state index contributed by atoms with van der Waals surface area (Å²) in [6.45, 7) is 2.68. The van der Waals surface area contributed by atoms with E-state index in [4.69, 9.17) is 28.6 Å². The van der Waals surface area contributed by atoms with Crippen molar-refractivity contribution in [3.05, 3.63) is 69.3 Å². The van der Waals surface area contributed by atoms with Crippen LogP contribution in [0.2, 0.25) is 5.02 Å².